The second-order valence-corrected chi connectivity index (χ2v) is 4.98. The van der Waals surface area contributed by atoms with Crippen molar-refractivity contribution in [3.05, 3.63) is 28.3 Å². The average Bonchev–Trinajstić information content (AvgIpc) is 2.44. The zero-order chi connectivity index (χ0) is 15.0. The van der Waals surface area contributed by atoms with Crippen molar-refractivity contribution >= 4 is 17.1 Å². The van der Waals surface area contributed by atoms with Crippen LogP contribution in [0.2, 0.25) is 0 Å². The van der Waals surface area contributed by atoms with Crippen LogP contribution in [0.3, 0.4) is 0 Å². The van der Waals surface area contributed by atoms with Crippen molar-refractivity contribution in [1.29, 1.82) is 0 Å². The second-order valence-electron chi connectivity index (χ2n) is 4.98. The molecule has 1 rings (SSSR count). The van der Waals surface area contributed by atoms with Crippen LogP contribution < -0.4 is 10.6 Å². The van der Waals surface area contributed by atoms with Gasteiger partial charge in [-0.05, 0) is 25.0 Å². The van der Waals surface area contributed by atoms with Gasteiger partial charge in [0.05, 0.1) is 4.92 Å². The SMILES string of the molecule is CCCCC(CCC)Nc1cccc(NC)c1[N+](=O)[O-]. The second kappa shape index (κ2) is 8.40. The molecule has 0 spiro atoms. The van der Waals surface area contributed by atoms with E-state index in [2.05, 4.69) is 24.5 Å². The molecule has 0 aliphatic rings. The maximum absolute atomic E-state index is 11.3. The lowest BCUT2D eigenvalue weighted by Crippen LogP contribution is -2.20. The van der Waals surface area contributed by atoms with Crippen LogP contribution in [-0.2, 0) is 0 Å². The lowest BCUT2D eigenvalue weighted by Gasteiger charge is -2.19. The molecule has 0 aliphatic carbocycles. The van der Waals surface area contributed by atoms with E-state index in [1.54, 1.807) is 19.2 Å². The molecule has 0 bridgehead atoms. The summed E-state index contributed by atoms with van der Waals surface area (Å²) in [7, 11) is 1.70. The monoisotopic (exact) mass is 279 g/mol. The number of hydrogen-bond acceptors (Lipinski definition) is 4. The number of nitro groups is 1. The van der Waals surface area contributed by atoms with Crippen molar-refractivity contribution < 1.29 is 4.92 Å². The van der Waals surface area contributed by atoms with Crippen molar-refractivity contribution in [2.45, 2.75) is 52.0 Å². The minimum Gasteiger partial charge on any atom is -0.382 e. The Morgan fingerprint density at radius 3 is 2.45 bits per heavy atom. The molecule has 0 fully saturated rings. The fourth-order valence-electron chi connectivity index (χ4n) is 2.37. The van der Waals surface area contributed by atoms with Crippen molar-refractivity contribution in [3.8, 4) is 0 Å². The summed E-state index contributed by atoms with van der Waals surface area (Å²) in [5, 5.41) is 17.5. The van der Waals surface area contributed by atoms with Gasteiger partial charge >= 0.3 is 5.69 Å². The normalized spacial score (nSPS) is 11.9. The minimum absolute atomic E-state index is 0.132. The number of rotatable bonds is 9. The van der Waals surface area contributed by atoms with Crippen molar-refractivity contribution in [1.82, 2.24) is 0 Å². The van der Waals surface area contributed by atoms with Crippen LogP contribution in [0.25, 0.3) is 0 Å². The van der Waals surface area contributed by atoms with E-state index in [1.807, 2.05) is 6.07 Å². The van der Waals surface area contributed by atoms with Crippen LogP contribution in [0, 0.1) is 10.1 Å². The Bertz CT molecular complexity index is 435. The van der Waals surface area contributed by atoms with Crippen LogP contribution in [0.1, 0.15) is 46.0 Å². The molecule has 1 aromatic rings. The lowest BCUT2D eigenvalue weighted by atomic mass is 10.0. The van der Waals surface area contributed by atoms with Gasteiger partial charge in [0.25, 0.3) is 0 Å². The van der Waals surface area contributed by atoms with E-state index in [-0.39, 0.29) is 10.6 Å². The highest BCUT2D eigenvalue weighted by Gasteiger charge is 2.20. The van der Waals surface area contributed by atoms with Crippen LogP contribution in [-0.4, -0.2) is 18.0 Å². The highest BCUT2D eigenvalue weighted by molar-refractivity contribution is 5.76. The lowest BCUT2D eigenvalue weighted by molar-refractivity contribution is -0.383. The molecular formula is C15H25N3O2. The molecule has 1 atom stereocenters. The molecule has 1 aromatic carbocycles. The molecule has 112 valence electrons. The van der Waals surface area contributed by atoms with E-state index in [0.29, 0.717) is 17.4 Å². The molecule has 0 aromatic heterocycles. The first kappa shape index (κ1) is 16.3. The fourth-order valence-corrected chi connectivity index (χ4v) is 2.37. The molecule has 0 aliphatic heterocycles. The number of hydrogen-bond donors (Lipinski definition) is 2. The quantitative estimate of drug-likeness (QED) is 0.519. The van der Waals surface area contributed by atoms with E-state index < -0.39 is 0 Å². The number of benzene rings is 1. The van der Waals surface area contributed by atoms with Crippen LogP contribution >= 0.6 is 0 Å². The summed E-state index contributed by atoms with van der Waals surface area (Å²) in [6.07, 6.45) is 5.42. The summed E-state index contributed by atoms with van der Waals surface area (Å²) < 4.78 is 0. The molecule has 2 N–H and O–H groups in total. The highest BCUT2D eigenvalue weighted by Crippen LogP contribution is 2.33. The molecule has 1 unspecified atom stereocenters. The Morgan fingerprint density at radius 1 is 1.20 bits per heavy atom. The Balaban J connectivity index is 2.96. The van der Waals surface area contributed by atoms with Gasteiger partial charge in [0.1, 0.15) is 11.4 Å². The van der Waals surface area contributed by atoms with Crippen molar-refractivity contribution in [2.24, 2.45) is 0 Å². The van der Waals surface area contributed by atoms with Crippen LogP contribution in [0.15, 0.2) is 18.2 Å². The van der Waals surface area contributed by atoms with Crippen molar-refractivity contribution in [3.63, 3.8) is 0 Å². The summed E-state index contributed by atoms with van der Waals surface area (Å²) in [5.41, 5.74) is 1.29. The molecule has 0 saturated heterocycles. The Morgan fingerprint density at radius 2 is 1.90 bits per heavy atom. The van der Waals surface area contributed by atoms with Gasteiger partial charge < -0.3 is 10.6 Å². The fraction of sp³-hybridized carbons (Fsp3) is 0.600. The minimum atomic E-state index is -0.322. The van der Waals surface area contributed by atoms with Gasteiger partial charge in [-0.2, -0.15) is 0 Å². The van der Waals surface area contributed by atoms with E-state index >= 15 is 0 Å². The number of unbranched alkanes of at least 4 members (excludes halogenated alkanes) is 1. The van der Waals surface area contributed by atoms with Gasteiger partial charge in [0, 0.05) is 13.1 Å². The number of para-hydroxylation sites is 1. The number of nitrogens with zero attached hydrogens (tertiary/aromatic N) is 1. The third kappa shape index (κ3) is 4.40. The first-order valence-electron chi connectivity index (χ1n) is 7.35. The zero-order valence-electron chi connectivity index (χ0n) is 12.6. The molecule has 5 nitrogen and oxygen atoms in total. The van der Waals surface area contributed by atoms with E-state index in [0.717, 1.165) is 32.1 Å². The summed E-state index contributed by atoms with van der Waals surface area (Å²) in [6, 6.07) is 5.65. The predicted molar refractivity (Wildman–Crippen MR) is 84.5 cm³/mol. The molecule has 20 heavy (non-hydrogen) atoms. The smallest absolute Gasteiger partial charge is 0.315 e. The Kier molecular flexibility index (Phi) is 6.84. The maximum atomic E-state index is 11.3. The van der Waals surface area contributed by atoms with Gasteiger partial charge in [0.15, 0.2) is 0 Å². The zero-order valence-corrected chi connectivity index (χ0v) is 12.6. The van der Waals surface area contributed by atoms with Gasteiger partial charge in [-0.25, -0.2) is 0 Å². The summed E-state index contributed by atoms with van der Waals surface area (Å²) >= 11 is 0. The van der Waals surface area contributed by atoms with Gasteiger partial charge in [-0.1, -0.05) is 39.2 Å². The number of nitrogens with one attached hydrogen (secondary N) is 2. The van der Waals surface area contributed by atoms with Crippen LogP contribution in [0.5, 0.6) is 0 Å². The first-order valence-corrected chi connectivity index (χ1v) is 7.35. The predicted octanol–water partition coefficient (Wildman–Crippen LogP) is 4.41. The Labute approximate surface area is 120 Å². The van der Waals surface area contributed by atoms with Crippen molar-refractivity contribution in [2.75, 3.05) is 17.7 Å². The third-order valence-corrected chi connectivity index (χ3v) is 3.39. The summed E-state index contributed by atoms with van der Waals surface area (Å²) in [5.74, 6) is 0. The Hall–Kier alpha value is -1.78. The topological polar surface area (TPSA) is 67.2 Å². The van der Waals surface area contributed by atoms with Crippen LogP contribution in [0.4, 0.5) is 17.1 Å². The average molecular weight is 279 g/mol. The van der Waals surface area contributed by atoms with E-state index in [9.17, 15) is 10.1 Å². The number of anilines is 2. The standard InChI is InChI=1S/C15H25N3O2/c1-4-6-9-12(8-5-2)17-14-11-7-10-13(16-3)15(14)18(19)20/h7,10-12,16-17H,4-6,8-9H2,1-3H3. The molecule has 0 heterocycles. The van der Waals surface area contributed by atoms with Gasteiger partial charge in [-0.3, -0.25) is 10.1 Å². The molecule has 5 heteroatoms. The maximum Gasteiger partial charge on any atom is 0.315 e. The highest BCUT2D eigenvalue weighted by atomic mass is 16.6. The van der Waals surface area contributed by atoms with E-state index in [4.69, 9.17) is 0 Å². The number of nitro benzene ring substituents is 1. The summed E-state index contributed by atoms with van der Waals surface area (Å²) in [4.78, 5) is 11.0. The third-order valence-electron chi connectivity index (χ3n) is 3.39. The summed E-state index contributed by atoms with van der Waals surface area (Å²) in [6.45, 7) is 4.30. The van der Waals surface area contributed by atoms with E-state index in [1.165, 1.54) is 0 Å². The molecule has 0 radical (unpaired) electrons. The van der Waals surface area contributed by atoms with Gasteiger partial charge in [-0.15, -0.1) is 0 Å². The van der Waals surface area contributed by atoms with Gasteiger partial charge in [0.2, 0.25) is 0 Å². The largest absolute Gasteiger partial charge is 0.382 e. The molecule has 0 amide bonds. The first-order chi connectivity index (χ1) is 9.63. The molecular weight excluding hydrogens is 254 g/mol. The molecule has 0 saturated carbocycles.